The Morgan fingerprint density at radius 2 is 1.71 bits per heavy atom. The average Bonchev–Trinajstić information content (AvgIpc) is 2.41. The van der Waals surface area contributed by atoms with Crippen LogP contribution in [-0.2, 0) is 9.53 Å². The standard InChI is InChI=1S/C17H30N2O2/c1-4-21-16(20)17(18-5-6-19(2)3)14-8-12-7-13(10-14)11-15(17)9-12/h12-15,18H,4-11H2,1-3H3. The lowest BCUT2D eigenvalue weighted by molar-refractivity contribution is -0.170. The molecule has 0 spiro atoms. The first-order chi connectivity index (χ1) is 10.1. The predicted molar refractivity (Wildman–Crippen MR) is 83.0 cm³/mol. The average molecular weight is 294 g/mol. The van der Waals surface area contributed by atoms with Crippen molar-refractivity contribution in [2.75, 3.05) is 33.8 Å². The van der Waals surface area contributed by atoms with E-state index in [0.29, 0.717) is 18.4 Å². The van der Waals surface area contributed by atoms with Gasteiger partial charge in [-0.3, -0.25) is 4.79 Å². The summed E-state index contributed by atoms with van der Waals surface area (Å²) in [5, 5.41) is 3.68. The summed E-state index contributed by atoms with van der Waals surface area (Å²) in [5.41, 5.74) is -0.389. The number of hydrogen-bond acceptors (Lipinski definition) is 4. The van der Waals surface area contributed by atoms with Crippen LogP contribution in [0.2, 0.25) is 0 Å². The fraction of sp³-hybridized carbons (Fsp3) is 0.941. The van der Waals surface area contributed by atoms with Crippen molar-refractivity contribution in [3.05, 3.63) is 0 Å². The number of rotatable bonds is 6. The number of nitrogens with zero attached hydrogens (tertiary/aromatic N) is 1. The molecular weight excluding hydrogens is 264 g/mol. The molecule has 1 N–H and O–H groups in total. The van der Waals surface area contributed by atoms with Crippen molar-refractivity contribution in [1.82, 2.24) is 10.2 Å². The lowest BCUT2D eigenvalue weighted by Gasteiger charge is -2.59. The Labute approximate surface area is 128 Å². The van der Waals surface area contributed by atoms with Gasteiger partial charge >= 0.3 is 5.97 Å². The molecule has 0 amide bonds. The van der Waals surface area contributed by atoms with E-state index in [1.54, 1.807) is 0 Å². The summed E-state index contributed by atoms with van der Waals surface area (Å²) in [7, 11) is 4.16. The zero-order chi connectivity index (χ0) is 15.0. The molecule has 4 saturated carbocycles. The Bertz CT molecular complexity index is 366. The summed E-state index contributed by atoms with van der Waals surface area (Å²) in [6.07, 6.45) is 6.30. The van der Waals surface area contributed by atoms with Crippen LogP contribution in [0.3, 0.4) is 0 Å². The first-order valence-corrected chi connectivity index (χ1v) is 8.63. The van der Waals surface area contributed by atoms with Gasteiger partial charge in [0.05, 0.1) is 6.61 Å². The number of carbonyl (C=O) groups is 1. The van der Waals surface area contributed by atoms with Crippen LogP contribution in [0, 0.1) is 23.7 Å². The van der Waals surface area contributed by atoms with Crippen LogP contribution in [-0.4, -0.2) is 50.2 Å². The molecule has 0 unspecified atom stereocenters. The number of esters is 1. The minimum atomic E-state index is -0.389. The SMILES string of the molecule is CCOC(=O)C1(NCCN(C)C)C2CC3CC(C2)CC1C3. The van der Waals surface area contributed by atoms with Crippen LogP contribution < -0.4 is 5.32 Å². The first-order valence-electron chi connectivity index (χ1n) is 8.63. The maximum Gasteiger partial charge on any atom is 0.326 e. The Kier molecular flexibility index (Phi) is 4.28. The first kappa shape index (κ1) is 15.3. The van der Waals surface area contributed by atoms with E-state index < -0.39 is 0 Å². The molecule has 4 rings (SSSR count). The van der Waals surface area contributed by atoms with Gasteiger partial charge in [0, 0.05) is 13.1 Å². The smallest absolute Gasteiger partial charge is 0.326 e. The van der Waals surface area contributed by atoms with Crippen molar-refractivity contribution >= 4 is 5.97 Å². The van der Waals surface area contributed by atoms with Gasteiger partial charge in [0.25, 0.3) is 0 Å². The minimum Gasteiger partial charge on any atom is -0.465 e. The predicted octanol–water partition coefficient (Wildman–Crippen LogP) is 1.90. The third-order valence-corrected chi connectivity index (χ3v) is 6.02. The van der Waals surface area contributed by atoms with Crippen LogP contribution in [0.15, 0.2) is 0 Å². The van der Waals surface area contributed by atoms with Crippen molar-refractivity contribution < 1.29 is 9.53 Å². The third kappa shape index (κ3) is 2.61. The fourth-order valence-electron chi connectivity index (χ4n) is 5.36. The number of hydrogen-bond donors (Lipinski definition) is 1. The van der Waals surface area contributed by atoms with E-state index in [2.05, 4.69) is 24.3 Å². The van der Waals surface area contributed by atoms with Gasteiger partial charge < -0.3 is 15.0 Å². The van der Waals surface area contributed by atoms with Gasteiger partial charge in [0.15, 0.2) is 0 Å². The van der Waals surface area contributed by atoms with E-state index in [1.165, 1.54) is 32.1 Å². The van der Waals surface area contributed by atoms with Crippen molar-refractivity contribution in [2.45, 2.75) is 44.6 Å². The highest BCUT2D eigenvalue weighted by Crippen LogP contribution is 2.58. The molecule has 4 aliphatic carbocycles. The van der Waals surface area contributed by atoms with Gasteiger partial charge in [0.1, 0.15) is 5.54 Å². The molecule has 21 heavy (non-hydrogen) atoms. The van der Waals surface area contributed by atoms with Gasteiger partial charge in [-0.25, -0.2) is 0 Å². The van der Waals surface area contributed by atoms with E-state index in [0.717, 1.165) is 24.9 Å². The lowest BCUT2D eigenvalue weighted by Crippen LogP contribution is -2.69. The van der Waals surface area contributed by atoms with Gasteiger partial charge in [-0.2, -0.15) is 0 Å². The third-order valence-electron chi connectivity index (χ3n) is 6.02. The summed E-state index contributed by atoms with van der Waals surface area (Å²) in [4.78, 5) is 15.0. The molecule has 4 aliphatic rings. The van der Waals surface area contributed by atoms with Gasteiger partial charge in [-0.1, -0.05) is 0 Å². The number of likely N-dealkylation sites (N-methyl/N-ethyl adjacent to an activating group) is 1. The number of nitrogens with one attached hydrogen (secondary N) is 1. The van der Waals surface area contributed by atoms with Gasteiger partial charge in [-0.05, 0) is 76.8 Å². The second-order valence-corrected chi connectivity index (χ2v) is 7.62. The summed E-state index contributed by atoms with van der Waals surface area (Å²) in [6.45, 7) is 4.24. The summed E-state index contributed by atoms with van der Waals surface area (Å²) in [5.74, 6) is 2.75. The van der Waals surface area contributed by atoms with Crippen LogP contribution in [0.25, 0.3) is 0 Å². The highest BCUT2D eigenvalue weighted by molar-refractivity contribution is 5.82. The molecule has 4 nitrogen and oxygen atoms in total. The molecule has 0 aromatic rings. The molecule has 4 bridgehead atoms. The highest BCUT2D eigenvalue weighted by atomic mass is 16.5. The number of carbonyl (C=O) groups excluding carboxylic acids is 1. The highest BCUT2D eigenvalue weighted by Gasteiger charge is 2.61. The fourth-order valence-corrected chi connectivity index (χ4v) is 5.36. The zero-order valence-electron chi connectivity index (χ0n) is 13.7. The molecular formula is C17H30N2O2. The Hall–Kier alpha value is -0.610. The van der Waals surface area contributed by atoms with Crippen LogP contribution >= 0.6 is 0 Å². The van der Waals surface area contributed by atoms with E-state index in [1.807, 2.05) is 6.92 Å². The molecule has 0 atom stereocenters. The zero-order valence-corrected chi connectivity index (χ0v) is 13.7. The van der Waals surface area contributed by atoms with Crippen molar-refractivity contribution in [3.8, 4) is 0 Å². The summed E-state index contributed by atoms with van der Waals surface area (Å²) < 4.78 is 5.51. The number of ether oxygens (including phenoxy) is 1. The molecule has 4 heteroatoms. The van der Waals surface area contributed by atoms with E-state index >= 15 is 0 Å². The largest absolute Gasteiger partial charge is 0.465 e. The quantitative estimate of drug-likeness (QED) is 0.760. The van der Waals surface area contributed by atoms with E-state index in [-0.39, 0.29) is 11.5 Å². The molecule has 0 aromatic heterocycles. The molecule has 0 saturated heterocycles. The van der Waals surface area contributed by atoms with Crippen molar-refractivity contribution in [2.24, 2.45) is 23.7 Å². The molecule has 0 heterocycles. The Balaban J connectivity index is 1.80. The molecule has 0 aliphatic heterocycles. The maximum atomic E-state index is 12.8. The Morgan fingerprint density at radius 3 is 2.19 bits per heavy atom. The summed E-state index contributed by atoms with van der Waals surface area (Å²) in [6, 6.07) is 0. The molecule has 0 aromatic carbocycles. The Morgan fingerprint density at radius 1 is 1.14 bits per heavy atom. The normalized spacial score (nSPS) is 40.8. The van der Waals surface area contributed by atoms with Gasteiger partial charge in [-0.15, -0.1) is 0 Å². The maximum absolute atomic E-state index is 12.8. The molecule has 4 fully saturated rings. The monoisotopic (exact) mass is 294 g/mol. The molecule has 120 valence electrons. The van der Waals surface area contributed by atoms with Crippen molar-refractivity contribution in [1.29, 1.82) is 0 Å². The lowest BCUT2D eigenvalue weighted by atomic mass is 9.48. The van der Waals surface area contributed by atoms with Gasteiger partial charge in [0.2, 0.25) is 0 Å². The summed E-state index contributed by atoms with van der Waals surface area (Å²) >= 11 is 0. The van der Waals surface area contributed by atoms with Crippen LogP contribution in [0.1, 0.15) is 39.0 Å². The minimum absolute atomic E-state index is 0.0255. The molecule has 0 radical (unpaired) electrons. The van der Waals surface area contributed by atoms with E-state index in [4.69, 9.17) is 4.74 Å². The second-order valence-electron chi connectivity index (χ2n) is 7.62. The second kappa shape index (κ2) is 5.88. The topological polar surface area (TPSA) is 41.6 Å². The van der Waals surface area contributed by atoms with Crippen molar-refractivity contribution in [3.63, 3.8) is 0 Å². The van der Waals surface area contributed by atoms with Crippen LogP contribution in [0.5, 0.6) is 0 Å². The van der Waals surface area contributed by atoms with Crippen LogP contribution in [0.4, 0.5) is 0 Å². The van der Waals surface area contributed by atoms with E-state index in [9.17, 15) is 4.79 Å².